The highest BCUT2D eigenvalue weighted by Crippen LogP contribution is 2.40. The number of aryl methyl sites for hydroxylation is 1. The Morgan fingerprint density at radius 1 is 1.20 bits per heavy atom. The van der Waals surface area contributed by atoms with Crippen LogP contribution in [0.2, 0.25) is 5.02 Å². The van der Waals surface area contributed by atoms with Crippen LogP contribution in [-0.4, -0.2) is 34.9 Å². The van der Waals surface area contributed by atoms with Gasteiger partial charge in [-0.15, -0.1) is 12.4 Å². The summed E-state index contributed by atoms with van der Waals surface area (Å²) in [7, 11) is 2.07. The van der Waals surface area contributed by atoms with Gasteiger partial charge < -0.3 is 0 Å². The number of halogens is 2. The van der Waals surface area contributed by atoms with Crippen LogP contribution in [0.1, 0.15) is 54.6 Å². The lowest BCUT2D eigenvalue weighted by atomic mass is 9.69. The molecule has 2 aliphatic rings. The van der Waals surface area contributed by atoms with Gasteiger partial charge in [-0.05, 0) is 63.0 Å². The number of hydrogen-bond acceptors (Lipinski definition) is 4. The van der Waals surface area contributed by atoms with Crippen LogP contribution in [0, 0.1) is 11.8 Å². The molecule has 1 atom stereocenters. The van der Waals surface area contributed by atoms with Crippen molar-refractivity contribution in [2.75, 3.05) is 13.6 Å². The van der Waals surface area contributed by atoms with Gasteiger partial charge in [-0.25, -0.2) is 10.4 Å². The summed E-state index contributed by atoms with van der Waals surface area (Å²) in [5.41, 5.74) is 5.63. The summed E-state index contributed by atoms with van der Waals surface area (Å²) in [6, 6.07) is 13.6. The second-order valence-electron chi connectivity index (χ2n) is 8.82. The normalized spacial score (nSPS) is 26.9. The Hall–Kier alpha value is -1.46. The number of Topliss-reactive ketones (excluding diaryl/α,β-unsaturated/α-hetero) is 1. The lowest BCUT2D eigenvalue weighted by Gasteiger charge is -2.49. The molecule has 0 radical (unpaired) electrons. The molecular formula is C24H31Cl2N3O. The summed E-state index contributed by atoms with van der Waals surface area (Å²) in [5, 5.41) is 2.92. The molecular weight excluding hydrogens is 417 g/mol. The Balaban J connectivity index is 0.00000256. The fourth-order valence-corrected chi connectivity index (χ4v) is 5.37. The zero-order chi connectivity index (χ0) is 20.3. The first kappa shape index (κ1) is 23.2. The number of aromatic nitrogens is 1. The van der Waals surface area contributed by atoms with Gasteiger partial charge in [0.25, 0.3) is 0 Å². The van der Waals surface area contributed by atoms with Gasteiger partial charge in [-0.1, -0.05) is 41.9 Å². The standard InChI is InChI=1S/C24H30ClN3O.ClH/c1-28-17-20(23(29)19-6-3-2-4-7-19)16-24(27-28)13-11-18(12-14-24)9-10-22-21(25)8-5-15-26-22;/h2-8,15,18,20,27H,9-14,16-17H2,1H3;1H. The van der Waals surface area contributed by atoms with Crippen molar-refractivity contribution in [1.82, 2.24) is 15.4 Å². The molecule has 1 saturated carbocycles. The summed E-state index contributed by atoms with van der Waals surface area (Å²) in [4.78, 5) is 17.5. The Morgan fingerprint density at radius 2 is 1.93 bits per heavy atom. The van der Waals surface area contributed by atoms with Crippen LogP contribution in [-0.2, 0) is 6.42 Å². The van der Waals surface area contributed by atoms with E-state index >= 15 is 0 Å². The van der Waals surface area contributed by atoms with E-state index in [1.807, 2.05) is 48.7 Å². The van der Waals surface area contributed by atoms with Gasteiger partial charge in [-0.2, -0.15) is 0 Å². The highest BCUT2D eigenvalue weighted by Gasteiger charge is 2.43. The first-order valence-electron chi connectivity index (χ1n) is 10.7. The topological polar surface area (TPSA) is 45.2 Å². The van der Waals surface area contributed by atoms with Crippen molar-refractivity contribution in [3.63, 3.8) is 0 Å². The van der Waals surface area contributed by atoms with E-state index in [0.29, 0.717) is 5.92 Å². The summed E-state index contributed by atoms with van der Waals surface area (Å²) >= 11 is 6.26. The van der Waals surface area contributed by atoms with Gasteiger partial charge in [0, 0.05) is 36.8 Å². The maximum atomic E-state index is 13.1. The molecule has 6 heteroatoms. The van der Waals surface area contributed by atoms with E-state index in [4.69, 9.17) is 11.6 Å². The molecule has 1 aliphatic heterocycles. The monoisotopic (exact) mass is 447 g/mol. The Labute approximate surface area is 190 Å². The lowest BCUT2D eigenvalue weighted by Crippen LogP contribution is -2.61. The fraction of sp³-hybridized carbons (Fsp3) is 0.500. The average Bonchev–Trinajstić information content (AvgIpc) is 2.74. The summed E-state index contributed by atoms with van der Waals surface area (Å²) in [6.07, 6.45) is 9.46. The molecule has 2 heterocycles. The van der Waals surface area contributed by atoms with Crippen molar-refractivity contribution in [1.29, 1.82) is 0 Å². The maximum Gasteiger partial charge on any atom is 0.167 e. The molecule has 1 aromatic heterocycles. The number of hydrazine groups is 1. The third kappa shape index (κ3) is 5.42. The summed E-state index contributed by atoms with van der Waals surface area (Å²) < 4.78 is 0. The lowest BCUT2D eigenvalue weighted by molar-refractivity contribution is 0.00795. The summed E-state index contributed by atoms with van der Waals surface area (Å²) in [6.45, 7) is 0.775. The van der Waals surface area contributed by atoms with Crippen LogP contribution in [0.15, 0.2) is 48.7 Å². The van der Waals surface area contributed by atoms with Crippen LogP contribution in [0.3, 0.4) is 0 Å². The van der Waals surface area contributed by atoms with Crippen LogP contribution >= 0.6 is 24.0 Å². The largest absolute Gasteiger partial charge is 0.294 e. The molecule has 1 aliphatic carbocycles. The highest BCUT2D eigenvalue weighted by molar-refractivity contribution is 6.31. The molecule has 162 valence electrons. The van der Waals surface area contributed by atoms with Crippen LogP contribution in [0.4, 0.5) is 0 Å². The number of pyridine rings is 1. The maximum absolute atomic E-state index is 13.1. The molecule has 0 bridgehead atoms. The van der Waals surface area contributed by atoms with Crippen molar-refractivity contribution in [2.24, 2.45) is 11.8 Å². The molecule has 0 amide bonds. The molecule has 2 aromatic rings. The predicted octanol–water partition coefficient (Wildman–Crippen LogP) is 5.36. The zero-order valence-corrected chi connectivity index (χ0v) is 19.1. The summed E-state index contributed by atoms with van der Waals surface area (Å²) in [5.74, 6) is 1.05. The number of hydrogen-bond donors (Lipinski definition) is 1. The Kier molecular flexibility index (Phi) is 7.92. The molecule has 1 spiro atoms. The zero-order valence-electron chi connectivity index (χ0n) is 17.5. The van der Waals surface area contributed by atoms with E-state index in [2.05, 4.69) is 22.5 Å². The number of carbonyl (C=O) groups excluding carboxylic acids is 1. The molecule has 1 aromatic carbocycles. The second-order valence-corrected chi connectivity index (χ2v) is 9.23. The van der Waals surface area contributed by atoms with E-state index in [9.17, 15) is 4.79 Å². The quantitative estimate of drug-likeness (QED) is 0.626. The van der Waals surface area contributed by atoms with Crippen molar-refractivity contribution in [3.05, 3.63) is 64.9 Å². The number of rotatable bonds is 5. The van der Waals surface area contributed by atoms with E-state index in [0.717, 1.165) is 54.9 Å². The average molecular weight is 448 g/mol. The van der Waals surface area contributed by atoms with Gasteiger partial charge in [0.05, 0.1) is 10.7 Å². The van der Waals surface area contributed by atoms with Gasteiger partial charge in [0.15, 0.2) is 5.78 Å². The van der Waals surface area contributed by atoms with E-state index in [1.165, 1.54) is 12.8 Å². The van der Waals surface area contributed by atoms with Gasteiger partial charge >= 0.3 is 0 Å². The van der Waals surface area contributed by atoms with Crippen molar-refractivity contribution in [3.8, 4) is 0 Å². The molecule has 1 unspecified atom stereocenters. The predicted molar refractivity (Wildman–Crippen MR) is 124 cm³/mol. The van der Waals surface area contributed by atoms with Crippen molar-refractivity contribution < 1.29 is 4.79 Å². The highest BCUT2D eigenvalue weighted by atomic mass is 35.5. The number of nitrogens with one attached hydrogen (secondary N) is 1. The minimum atomic E-state index is 0. The minimum absolute atomic E-state index is 0. The smallest absolute Gasteiger partial charge is 0.167 e. The second kappa shape index (κ2) is 10.2. The van der Waals surface area contributed by atoms with Crippen molar-refractivity contribution >= 4 is 29.8 Å². The number of carbonyl (C=O) groups is 1. The SMILES string of the molecule is CN1CC(C(=O)c2ccccc2)CC2(CCC(CCc3ncccc3Cl)CC2)N1.Cl. The number of benzene rings is 1. The van der Waals surface area contributed by atoms with Gasteiger partial charge in [0.1, 0.15) is 0 Å². The van der Waals surface area contributed by atoms with Gasteiger partial charge in [-0.3, -0.25) is 9.78 Å². The van der Waals surface area contributed by atoms with E-state index in [-0.39, 0.29) is 29.6 Å². The van der Waals surface area contributed by atoms with E-state index < -0.39 is 0 Å². The van der Waals surface area contributed by atoms with Gasteiger partial charge in [0.2, 0.25) is 0 Å². The Bertz CT molecular complexity index is 837. The first-order chi connectivity index (χ1) is 14.0. The van der Waals surface area contributed by atoms with Crippen molar-refractivity contribution in [2.45, 2.75) is 50.5 Å². The molecule has 2 fully saturated rings. The molecule has 1 saturated heterocycles. The number of nitrogens with zero attached hydrogens (tertiary/aromatic N) is 2. The third-order valence-electron chi connectivity index (χ3n) is 6.67. The van der Waals surface area contributed by atoms with Crippen LogP contribution < -0.4 is 5.43 Å². The molecule has 1 N–H and O–H groups in total. The third-order valence-corrected chi connectivity index (χ3v) is 7.02. The van der Waals surface area contributed by atoms with E-state index in [1.54, 1.807) is 0 Å². The van der Waals surface area contributed by atoms with Crippen LogP contribution in [0.25, 0.3) is 0 Å². The first-order valence-corrected chi connectivity index (χ1v) is 11.1. The number of ketones is 1. The molecule has 4 rings (SSSR count). The Morgan fingerprint density at radius 3 is 2.63 bits per heavy atom. The molecule has 4 nitrogen and oxygen atoms in total. The fourth-order valence-electron chi connectivity index (χ4n) is 5.15. The molecule has 30 heavy (non-hydrogen) atoms. The minimum Gasteiger partial charge on any atom is -0.294 e. The van der Waals surface area contributed by atoms with Crippen LogP contribution in [0.5, 0.6) is 0 Å².